The number of carbonyl (C=O) groups is 1. The molecule has 194 valence electrons. The molecule has 0 aromatic heterocycles. The molecule has 4 aliphatic carbocycles. The van der Waals surface area contributed by atoms with E-state index in [9.17, 15) is 13.2 Å². The molecule has 0 amide bonds. The number of aryl methyl sites for hydroxylation is 1. The summed E-state index contributed by atoms with van der Waals surface area (Å²) in [5.41, 5.74) is 0.260. The quantitative estimate of drug-likeness (QED) is 0.332. The molecule has 0 radical (unpaired) electrons. The highest BCUT2D eigenvalue weighted by Crippen LogP contribution is 2.71. The standard InChI is InChI=1S/C28H34O7S/c1-13-5-9-16(10-6-13)36(30,31)35-24-18-12-17(23(24)33-27(29)34-28(2,3)4)21-22(18)26-20-15-8-7-14(11-15)19(20)25(21)32-26/h5-10,14-15,17-26H,11-12H2,1-4H3. The zero-order valence-corrected chi connectivity index (χ0v) is 21.9. The van der Waals surface area contributed by atoms with E-state index in [0.29, 0.717) is 23.7 Å². The molecule has 12 atom stereocenters. The van der Waals surface area contributed by atoms with Gasteiger partial charge in [-0.3, -0.25) is 4.18 Å². The second-order valence-electron chi connectivity index (χ2n) is 12.8. The number of carbonyl (C=O) groups excluding carboxylic acids is 1. The highest BCUT2D eigenvalue weighted by molar-refractivity contribution is 7.86. The molecule has 1 aromatic rings. The third-order valence-electron chi connectivity index (χ3n) is 9.73. The monoisotopic (exact) mass is 514 g/mol. The van der Waals surface area contributed by atoms with Gasteiger partial charge >= 0.3 is 6.16 Å². The molecule has 8 heteroatoms. The topological polar surface area (TPSA) is 88.1 Å². The Morgan fingerprint density at radius 1 is 0.889 bits per heavy atom. The Morgan fingerprint density at radius 2 is 1.47 bits per heavy atom. The van der Waals surface area contributed by atoms with Gasteiger partial charge in [-0.05, 0) is 94.1 Å². The van der Waals surface area contributed by atoms with Crippen molar-refractivity contribution in [2.75, 3.05) is 0 Å². The molecular weight excluding hydrogens is 480 g/mol. The molecule has 1 aromatic carbocycles. The Kier molecular flexibility index (Phi) is 4.89. The van der Waals surface area contributed by atoms with E-state index in [2.05, 4.69) is 12.2 Å². The number of benzene rings is 1. The molecule has 3 saturated carbocycles. The Balaban J connectivity index is 1.20. The smallest absolute Gasteiger partial charge is 0.429 e. The number of hydrogen-bond acceptors (Lipinski definition) is 7. The largest absolute Gasteiger partial charge is 0.509 e. The van der Waals surface area contributed by atoms with Gasteiger partial charge in [0.15, 0.2) is 0 Å². The van der Waals surface area contributed by atoms with Crippen LogP contribution in [0.2, 0.25) is 0 Å². The lowest BCUT2D eigenvalue weighted by Gasteiger charge is -2.45. The van der Waals surface area contributed by atoms with Crippen molar-refractivity contribution in [3.05, 3.63) is 42.0 Å². The summed E-state index contributed by atoms with van der Waals surface area (Å²) < 4.78 is 50.7. The Bertz CT molecular complexity index is 1220. The van der Waals surface area contributed by atoms with Gasteiger partial charge in [0.2, 0.25) is 0 Å². The van der Waals surface area contributed by atoms with Crippen molar-refractivity contribution >= 4 is 16.3 Å². The molecule has 0 N–H and O–H groups in total. The van der Waals surface area contributed by atoms with Crippen molar-refractivity contribution in [2.24, 2.45) is 47.3 Å². The second-order valence-corrected chi connectivity index (χ2v) is 14.3. The molecule has 6 aliphatic rings. The van der Waals surface area contributed by atoms with Crippen molar-refractivity contribution < 1.29 is 31.6 Å². The molecule has 2 aliphatic heterocycles. The van der Waals surface area contributed by atoms with Crippen LogP contribution in [0.5, 0.6) is 0 Å². The molecule has 6 bridgehead atoms. The third kappa shape index (κ3) is 3.29. The maximum absolute atomic E-state index is 13.3. The fraction of sp³-hybridized carbons (Fsp3) is 0.679. The molecule has 36 heavy (non-hydrogen) atoms. The average Bonchev–Trinajstić information content (AvgIpc) is 3.59. The number of allylic oxidation sites excluding steroid dienone is 2. The van der Waals surface area contributed by atoms with Crippen molar-refractivity contribution in [2.45, 2.75) is 75.4 Å². The van der Waals surface area contributed by atoms with Gasteiger partial charge in [0.25, 0.3) is 10.1 Å². The molecule has 7 nitrogen and oxygen atoms in total. The molecule has 12 unspecified atom stereocenters. The van der Waals surface area contributed by atoms with E-state index >= 15 is 0 Å². The highest BCUT2D eigenvalue weighted by atomic mass is 32.2. The molecule has 2 saturated heterocycles. The van der Waals surface area contributed by atoms with Crippen LogP contribution in [0.4, 0.5) is 4.79 Å². The molecular formula is C28H34O7S. The van der Waals surface area contributed by atoms with Gasteiger partial charge in [-0.2, -0.15) is 8.42 Å². The van der Waals surface area contributed by atoms with Crippen LogP contribution in [0, 0.1) is 54.3 Å². The fourth-order valence-corrected chi connectivity index (χ4v) is 9.90. The second kappa shape index (κ2) is 7.58. The lowest BCUT2D eigenvalue weighted by molar-refractivity contribution is -0.0939. The molecule has 5 fully saturated rings. The Morgan fingerprint density at radius 3 is 2.06 bits per heavy atom. The lowest BCUT2D eigenvalue weighted by atomic mass is 9.60. The molecule has 7 rings (SSSR count). The average molecular weight is 515 g/mol. The van der Waals surface area contributed by atoms with Crippen LogP contribution < -0.4 is 0 Å². The molecule has 2 heterocycles. The minimum Gasteiger partial charge on any atom is -0.429 e. The number of hydrogen-bond donors (Lipinski definition) is 0. The van der Waals surface area contributed by atoms with Crippen LogP contribution in [0.15, 0.2) is 41.3 Å². The van der Waals surface area contributed by atoms with E-state index in [-0.39, 0.29) is 40.8 Å². The van der Waals surface area contributed by atoms with Gasteiger partial charge in [0.05, 0.1) is 17.1 Å². The first-order chi connectivity index (χ1) is 17.0. The first-order valence-corrected chi connectivity index (χ1v) is 14.7. The zero-order chi connectivity index (χ0) is 25.1. The van der Waals surface area contributed by atoms with E-state index in [1.165, 1.54) is 6.42 Å². The van der Waals surface area contributed by atoms with Crippen molar-refractivity contribution in [1.82, 2.24) is 0 Å². The summed E-state index contributed by atoms with van der Waals surface area (Å²) in [6, 6.07) is 6.65. The number of ether oxygens (including phenoxy) is 3. The van der Waals surface area contributed by atoms with E-state index < -0.39 is 34.1 Å². The van der Waals surface area contributed by atoms with Crippen molar-refractivity contribution in [3.8, 4) is 0 Å². The van der Waals surface area contributed by atoms with E-state index in [0.717, 1.165) is 12.0 Å². The maximum Gasteiger partial charge on any atom is 0.509 e. The fourth-order valence-electron chi connectivity index (χ4n) is 8.77. The van der Waals surface area contributed by atoms with Gasteiger partial charge in [-0.1, -0.05) is 29.8 Å². The summed E-state index contributed by atoms with van der Waals surface area (Å²) in [6.07, 6.45) is 4.81. The van der Waals surface area contributed by atoms with Crippen LogP contribution in [-0.2, 0) is 28.5 Å². The Hall–Kier alpha value is -1.90. The highest BCUT2D eigenvalue weighted by Gasteiger charge is 2.75. The van der Waals surface area contributed by atoms with Crippen LogP contribution >= 0.6 is 0 Å². The van der Waals surface area contributed by atoms with Crippen LogP contribution in [-0.4, -0.2) is 44.6 Å². The first kappa shape index (κ1) is 23.2. The van der Waals surface area contributed by atoms with Crippen molar-refractivity contribution in [1.29, 1.82) is 0 Å². The van der Waals surface area contributed by atoms with E-state index in [1.54, 1.807) is 45.0 Å². The minimum absolute atomic E-state index is 0.00444. The normalized spacial score (nSPS) is 45.2. The predicted octanol–water partition coefficient (Wildman–Crippen LogP) is 4.49. The van der Waals surface area contributed by atoms with Gasteiger partial charge < -0.3 is 14.2 Å². The summed E-state index contributed by atoms with van der Waals surface area (Å²) in [5, 5.41) is 0. The maximum atomic E-state index is 13.3. The van der Waals surface area contributed by atoms with Gasteiger partial charge in [0, 0.05) is 5.92 Å². The lowest BCUT2D eigenvalue weighted by Crippen LogP contribution is -2.53. The summed E-state index contributed by atoms with van der Waals surface area (Å²) in [7, 11) is -4.04. The summed E-state index contributed by atoms with van der Waals surface area (Å²) in [5.74, 6) is 2.67. The van der Waals surface area contributed by atoms with Crippen molar-refractivity contribution in [3.63, 3.8) is 0 Å². The van der Waals surface area contributed by atoms with Crippen LogP contribution in [0.25, 0.3) is 0 Å². The van der Waals surface area contributed by atoms with Gasteiger partial charge in [0.1, 0.15) is 17.8 Å². The Labute approximate surface area is 212 Å². The summed E-state index contributed by atoms with van der Waals surface area (Å²) >= 11 is 0. The minimum atomic E-state index is -4.04. The predicted molar refractivity (Wildman–Crippen MR) is 129 cm³/mol. The van der Waals surface area contributed by atoms with Crippen LogP contribution in [0.1, 0.15) is 39.2 Å². The SMILES string of the molecule is Cc1ccc(S(=O)(=O)OC2C3CC(C2OC(=O)OC(C)(C)C)C2C4OC(C5C6C=CC(C6)C45)C32)cc1. The number of fused-ring (bicyclic) bond motifs is 16. The summed E-state index contributed by atoms with van der Waals surface area (Å²) in [4.78, 5) is 12.9. The zero-order valence-electron chi connectivity index (χ0n) is 21.1. The van der Waals surface area contributed by atoms with Gasteiger partial charge in [-0.15, -0.1) is 0 Å². The summed E-state index contributed by atoms with van der Waals surface area (Å²) in [6.45, 7) is 7.26. The van der Waals surface area contributed by atoms with E-state index in [1.807, 2.05) is 6.92 Å². The van der Waals surface area contributed by atoms with Gasteiger partial charge in [-0.25, -0.2) is 4.79 Å². The van der Waals surface area contributed by atoms with Crippen LogP contribution in [0.3, 0.4) is 0 Å². The first-order valence-electron chi connectivity index (χ1n) is 13.3. The number of rotatable bonds is 4. The molecule has 0 spiro atoms. The third-order valence-corrected chi connectivity index (χ3v) is 11.1. The van der Waals surface area contributed by atoms with E-state index in [4.69, 9.17) is 18.4 Å².